The van der Waals surface area contributed by atoms with Crippen LogP contribution in [0.2, 0.25) is 0 Å². The first kappa shape index (κ1) is 20.4. The summed E-state index contributed by atoms with van der Waals surface area (Å²) in [6.45, 7) is 1.03. The number of rotatable bonds is 7. The van der Waals surface area contributed by atoms with Crippen molar-refractivity contribution in [3.05, 3.63) is 54.6 Å². The van der Waals surface area contributed by atoms with E-state index in [9.17, 15) is 18.0 Å². The second-order valence-corrected chi connectivity index (χ2v) is 7.58. The van der Waals surface area contributed by atoms with Gasteiger partial charge in [-0.05, 0) is 18.6 Å². The summed E-state index contributed by atoms with van der Waals surface area (Å²) in [5, 5.41) is 0. The fraction of sp³-hybridized carbons (Fsp3) is 0.222. The molecule has 0 saturated carbocycles. The number of carbonyl (C=O) groups excluding carboxylic acids is 2. The van der Waals surface area contributed by atoms with Crippen molar-refractivity contribution in [3.63, 3.8) is 0 Å². The van der Waals surface area contributed by atoms with E-state index >= 15 is 0 Å². The normalized spacial score (nSPS) is 12.1. The molecule has 0 spiro atoms. The van der Waals surface area contributed by atoms with Crippen LogP contribution in [-0.2, 0) is 19.6 Å². The molecule has 0 aliphatic rings. The maximum atomic E-state index is 11.9. The molecule has 0 aliphatic carbocycles. The molecule has 0 heterocycles. The fourth-order valence-electron chi connectivity index (χ4n) is 2.24. The van der Waals surface area contributed by atoms with Crippen LogP contribution in [0.4, 0.5) is 0 Å². The molecule has 2 aromatic rings. The third-order valence-electron chi connectivity index (χ3n) is 3.44. The number of hydrogen-bond donors (Lipinski definition) is 3. The number of nitrogens with one attached hydrogen (secondary N) is 3. The SMILES string of the molecule is C[C@H](NS(C)(=O)=O)C(=O)NNC(=O)COc1ccccc1-c1ccccc1. The van der Waals surface area contributed by atoms with E-state index in [1.54, 1.807) is 12.1 Å². The van der Waals surface area contributed by atoms with Gasteiger partial charge in [0.25, 0.3) is 11.8 Å². The van der Waals surface area contributed by atoms with Crippen molar-refractivity contribution in [2.75, 3.05) is 12.9 Å². The van der Waals surface area contributed by atoms with Crippen molar-refractivity contribution >= 4 is 21.8 Å². The zero-order valence-corrected chi connectivity index (χ0v) is 15.7. The van der Waals surface area contributed by atoms with E-state index < -0.39 is 27.9 Å². The number of amides is 2. The number of benzene rings is 2. The summed E-state index contributed by atoms with van der Waals surface area (Å²) < 4.78 is 29.8. The highest BCUT2D eigenvalue weighted by atomic mass is 32.2. The summed E-state index contributed by atoms with van der Waals surface area (Å²) in [6, 6.07) is 15.8. The largest absolute Gasteiger partial charge is 0.483 e. The lowest BCUT2D eigenvalue weighted by atomic mass is 10.1. The lowest BCUT2D eigenvalue weighted by Gasteiger charge is -2.14. The van der Waals surface area contributed by atoms with Gasteiger partial charge in [-0.2, -0.15) is 0 Å². The molecule has 0 bridgehead atoms. The molecule has 144 valence electrons. The molecule has 8 nitrogen and oxygen atoms in total. The second kappa shape index (κ2) is 9.15. The third-order valence-corrected chi connectivity index (χ3v) is 4.22. The lowest BCUT2D eigenvalue weighted by Crippen LogP contribution is -2.51. The van der Waals surface area contributed by atoms with Gasteiger partial charge in [-0.25, -0.2) is 13.1 Å². The standard InChI is InChI=1S/C18H21N3O5S/c1-13(21-27(2,24)25)18(23)20-19-17(22)12-26-16-11-7-6-10-15(16)14-8-4-3-5-9-14/h3-11,13,21H,12H2,1-2H3,(H,19,22)(H,20,23)/t13-/m0/s1. The Morgan fingerprint density at radius 1 is 1.00 bits per heavy atom. The highest BCUT2D eigenvalue weighted by Crippen LogP contribution is 2.29. The van der Waals surface area contributed by atoms with Gasteiger partial charge in [-0.1, -0.05) is 48.5 Å². The number of ether oxygens (including phenoxy) is 1. The van der Waals surface area contributed by atoms with Gasteiger partial charge >= 0.3 is 0 Å². The minimum absolute atomic E-state index is 0.321. The highest BCUT2D eigenvalue weighted by Gasteiger charge is 2.17. The van der Waals surface area contributed by atoms with Crippen molar-refractivity contribution in [3.8, 4) is 16.9 Å². The molecule has 0 saturated heterocycles. The van der Waals surface area contributed by atoms with E-state index in [1.807, 2.05) is 42.5 Å². The zero-order valence-electron chi connectivity index (χ0n) is 14.9. The molecule has 0 unspecified atom stereocenters. The molecular formula is C18H21N3O5S. The molecule has 2 aromatic carbocycles. The second-order valence-electron chi connectivity index (χ2n) is 5.80. The van der Waals surface area contributed by atoms with Crippen LogP contribution in [0.3, 0.4) is 0 Å². The predicted octanol–water partition coefficient (Wildman–Crippen LogP) is 0.818. The highest BCUT2D eigenvalue weighted by molar-refractivity contribution is 7.88. The Morgan fingerprint density at radius 3 is 2.30 bits per heavy atom. The first-order valence-corrected chi connectivity index (χ1v) is 9.98. The average Bonchev–Trinajstić information content (AvgIpc) is 2.64. The van der Waals surface area contributed by atoms with Crippen molar-refractivity contribution in [1.82, 2.24) is 15.6 Å². The average molecular weight is 391 g/mol. The monoisotopic (exact) mass is 391 g/mol. The molecule has 2 rings (SSSR count). The molecule has 0 aliphatic heterocycles. The van der Waals surface area contributed by atoms with Crippen molar-refractivity contribution in [2.45, 2.75) is 13.0 Å². The summed E-state index contributed by atoms with van der Waals surface area (Å²) in [6.07, 6.45) is 0.938. The van der Waals surface area contributed by atoms with Crippen LogP contribution in [-0.4, -0.2) is 39.1 Å². The minimum Gasteiger partial charge on any atom is -0.483 e. The molecule has 9 heteroatoms. The first-order chi connectivity index (χ1) is 12.8. The molecule has 1 atom stereocenters. The van der Waals surface area contributed by atoms with Crippen LogP contribution in [0.15, 0.2) is 54.6 Å². The molecular weight excluding hydrogens is 370 g/mol. The summed E-state index contributed by atoms with van der Waals surface area (Å²) in [5.74, 6) is -0.756. The number of sulfonamides is 1. The van der Waals surface area contributed by atoms with Crippen LogP contribution in [0.1, 0.15) is 6.92 Å². The molecule has 27 heavy (non-hydrogen) atoms. The Morgan fingerprint density at radius 2 is 1.63 bits per heavy atom. The number of carbonyl (C=O) groups is 2. The van der Waals surface area contributed by atoms with E-state index in [0.29, 0.717) is 5.75 Å². The Labute approximate surface area is 157 Å². The Hall–Kier alpha value is -2.91. The molecule has 0 radical (unpaired) electrons. The van der Waals surface area contributed by atoms with E-state index in [-0.39, 0.29) is 6.61 Å². The van der Waals surface area contributed by atoms with E-state index in [0.717, 1.165) is 17.4 Å². The van der Waals surface area contributed by atoms with Crippen molar-refractivity contribution in [2.24, 2.45) is 0 Å². The molecule has 0 fully saturated rings. The van der Waals surface area contributed by atoms with Gasteiger partial charge in [-0.15, -0.1) is 0 Å². The zero-order chi connectivity index (χ0) is 19.9. The maximum absolute atomic E-state index is 11.9. The van der Waals surface area contributed by atoms with Gasteiger partial charge < -0.3 is 4.74 Å². The summed E-state index contributed by atoms with van der Waals surface area (Å²) >= 11 is 0. The van der Waals surface area contributed by atoms with Crippen LogP contribution >= 0.6 is 0 Å². The van der Waals surface area contributed by atoms with E-state index in [2.05, 4.69) is 15.6 Å². The van der Waals surface area contributed by atoms with Crippen LogP contribution in [0.25, 0.3) is 11.1 Å². The van der Waals surface area contributed by atoms with E-state index in [1.165, 1.54) is 6.92 Å². The summed E-state index contributed by atoms with van der Waals surface area (Å²) in [4.78, 5) is 23.6. The maximum Gasteiger partial charge on any atom is 0.276 e. The lowest BCUT2D eigenvalue weighted by molar-refractivity contribution is -0.130. The van der Waals surface area contributed by atoms with Crippen molar-refractivity contribution in [1.29, 1.82) is 0 Å². The topological polar surface area (TPSA) is 114 Å². The predicted molar refractivity (Wildman–Crippen MR) is 101 cm³/mol. The fourth-order valence-corrected chi connectivity index (χ4v) is 2.99. The molecule has 0 aromatic heterocycles. The third kappa shape index (κ3) is 6.72. The molecule has 3 N–H and O–H groups in total. The smallest absolute Gasteiger partial charge is 0.276 e. The Bertz CT molecular complexity index is 900. The Kier molecular flexibility index (Phi) is 6.91. The van der Waals surface area contributed by atoms with Gasteiger partial charge in [0.15, 0.2) is 6.61 Å². The van der Waals surface area contributed by atoms with E-state index in [4.69, 9.17) is 4.74 Å². The van der Waals surface area contributed by atoms with Gasteiger partial charge in [0, 0.05) is 5.56 Å². The number of hydrazine groups is 1. The first-order valence-electron chi connectivity index (χ1n) is 8.09. The van der Waals surface area contributed by atoms with Gasteiger partial charge in [0.05, 0.1) is 12.3 Å². The van der Waals surface area contributed by atoms with Crippen LogP contribution in [0.5, 0.6) is 5.75 Å². The van der Waals surface area contributed by atoms with Gasteiger partial charge in [0.2, 0.25) is 10.0 Å². The number of para-hydroxylation sites is 1. The van der Waals surface area contributed by atoms with Gasteiger partial charge in [0.1, 0.15) is 5.75 Å². The molecule has 2 amide bonds. The quantitative estimate of drug-likeness (QED) is 0.605. The van der Waals surface area contributed by atoms with Crippen molar-refractivity contribution < 1.29 is 22.7 Å². The van der Waals surface area contributed by atoms with Crippen LogP contribution < -0.4 is 20.3 Å². The Balaban J connectivity index is 1.89. The van der Waals surface area contributed by atoms with Crippen LogP contribution in [0, 0.1) is 0 Å². The summed E-state index contributed by atoms with van der Waals surface area (Å²) in [7, 11) is -3.53. The minimum atomic E-state index is -3.53. The summed E-state index contributed by atoms with van der Waals surface area (Å²) in [5.41, 5.74) is 6.10. The number of hydrogen-bond acceptors (Lipinski definition) is 5. The van der Waals surface area contributed by atoms with Gasteiger partial charge in [-0.3, -0.25) is 20.4 Å².